The number of nitrogens with two attached hydrogens (primary N) is 1. The molecular formula is C6H14F2N2O2S. The number of hydrogen-bond donors (Lipinski definition) is 1. The lowest BCUT2D eigenvalue weighted by Crippen LogP contribution is -2.36. The Bertz CT molecular complexity index is 243. The highest BCUT2D eigenvalue weighted by Crippen LogP contribution is 2.11. The molecule has 0 aliphatic rings. The fourth-order valence-corrected chi connectivity index (χ4v) is 1.49. The van der Waals surface area contributed by atoms with Gasteiger partial charge in [-0.15, -0.1) is 0 Å². The lowest BCUT2D eigenvalue weighted by Gasteiger charge is -2.19. The zero-order chi connectivity index (χ0) is 10.6. The first-order valence-corrected chi connectivity index (χ1v) is 5.26. The minimum Gasteiger partial charge on any atom is -0.330 e. The summed E-state index contributed by atoms with van der Waals surface area (Å²) >= 11 is 0. The molecule has 2 N–H and O–H groups in total. The van der Waals surface area contributed by atoms with E-state index in [-0.39, 0.29) is 19.0 Å². The summed E-state index contributed by atoms with van der Waals surface area (Å²) in [5.74, 6) is -3.49. The van der Waals surface area contributed by atoms with E-state index in [9.17, 15) is 17.2 Å². The average Bonchev–Trinajstić information content (AvgIpc) is 2.03. The van der Waals surface area contributed by atoms with Gasteiger partial charge in [-0.05, 0) is 12.5 Å². The molecule has 0 fully saturated rings. The monoisotopic (exact) mass is 216 g/mol. The van der Waals surface area contributed by atoms with Crippen LogP contribution < -0.4 is 5.73 Å². The topological polar surface area (TPSA) is 63.4 Å². The Balaban J connectivity index is 4.35. The molecule has 1 atom stereocenters. The molecule has 0 aromatic carbocycles. The SMILES string of the molecule is CC(CN)CN(C)S(=O)(=O)C(F)F. The van der Waals surface area contributed by atoms with Gasteiger partial charge in [0.15, 0.2) is 0 Å². The Morgan fingerprint density at radius 3 is 2.23 bits per heavy atom. The van der Waals surface area contributed by atoms with Crippen molar-refractivity contribution in [3.63, 3.8) is 0 Å². The highest BCUT2D eigenvalue weighted by Gasteiger charge is 2.29. The van der Waals surface area contributed by atoms with E-state index in [1.807, 2.05) is 0 Å². The molecule has 0 spiro atoms. The second-order valence-electron chi connectivity index (χ2n) is 2.93. The van der Waals surface area contributed by atoms with Gasteiger partial charge in [0.2, 0.25) is 0 Å². The van der Waals surface area contributed by atoms with E-state index in [0.29, 0.717) is 4.31 Å². The third kappa shape index (κ3) is 3.53. The van der Waals surface area contributed by atoms with Crippen molar-refractivity contribution < 1.29 is 17.2 Å². The number of nitrogens with zero attached hydrogens (tertiary/aromatic N) is 1. The third-order valence-electron chi connectivity index (χ3n) is 1.63. The Morgan fingerprint density at radius 2 is 1.92 bits per heavy atom. The van der Waals surface area contributed by atoms with E-state index in [4.69, 9.17) is 5.73 Å². The van der Waals surface area contributed by atoms with Crippen LogP contribution in [0, 0.1) is 5.92 Å². The summed E-state index contributed by atoms with van der Waals surface area (Å²) in [6.45, 7) is 1.98. The smallest absolute Gasteiger partial charge is 0.330 e. The predicted molar refractivity (Wildman–Crippen MR) is 45.8 cm³/mol. The van der Waals surface area contributed by atoms with Crippen LogP contribution in [-0.4, -0.2) is 38.6 Å². The van der Waals surface area contributed by atoms with Crippen LogP contribution in [0.25, 0.3) is 0 Å². The van der Waals surface area contributed by atoms with Gasteiger partial charge < -0.3 is 5.73 Å². The molecule has 4 nitrogen and oxygen atoms in total. The molecular weight excluding hydrogens is 202 g/mol. The van der Waals surface area contributed by atoms with Gasteiger partial charge in [0.1, 0.15) is 0 Å². The lowest BCUT2D eigenvalue weighted by molar-refractivity contribution is 0.220. The third-order valence-corrected chi connectivity index (χ3v) is 3.10. The van der Waals surface area contributed by atoms with E-state index < -0.39 is 15.8 Å². The number of rotatable bonds is 5. The molecule has 0 aromatic rings. The van der Waals surface area contributed by atoms with Crippen LogP contribution >= 0.6 is 0 Å². The summed E-state index contributed by atoms with van der Waals surface area (Å²) in [5.41, 5.74) is 5.23. The van der Waals surface area contributed by atoms with E-state index >= 15 is 0 Å². The molecule has 0 aromatic heterocycles. The quantitative estimate of drug-likeness (QED) is 0.707. The second-order valence-corrected chi connectivity index (χ2v) is 4.94. The molecule has 0 saturated carbocycles. The summed E-state index contributed by atoms with van der Waals surface area (Å²) in [6.07, 6.45) is 0. The van der Waals surface area contributed by atoms with Gasteiger partial charge in [-0.2, -0.15) is 13.1 Å². The van der Waals surface area contributed by atoms with Crippen molar-refractivity contribution in [2.24, 2.45) is 11.7 Å². The Morgan fingerprint density at radius 1 is 1.46 bits per heavy atom. The first-order valence-electron chi connectivity index (χ1n) is 3.75. The molecule has 80 valence electrons. The van der Waals surface area contributed by atoms with Crippen molar-refractivity contribution in [3.8, 4) is 0 Å². The summed E-state index contributed by atoms with van der Waals surface area (Å²) in [4.78, 5) is 0. The van der Waals surface area contributed by atoms with Crippen molar-refractivity contribution >= 4 is 10.0 Å². The lowest BCUT2D eigenvalue weighted by atomic mass is 10.2. The summed E-state index contributed by atoms with van der Waals surface area (Å²) in [7, 11) is -3.32. The zero-order valence-corrected chi connectivity index (χ0v) is 8.39. The summed E-state index contributed by atoms with van der Waals surface area (Å²) in [6, 6.07) is 0. The standard InChI is InChI=1S/C6H14F2N2O2S/c1-5(3-9)4-10(2)13(11,12)6(7)8/h5-6H,3-4,9H2,1-2H3. The average molecular weight is 216 g/mol. The molecule has 0 aliphatic carbocycles. The molecule has 1 unspecified atom stereocenters. The van der Waals surface area contributed by atoms with Gasteiger partial charge in [0.25, 0.3) is 10.0 Å². The molecule has 7 heteroatoms. The molecule has 0 aliphatic heterocycles. The van der Waals surface area contributed by atoms with Crippen LogP contribution in [0.4, 0.5) is 8.78 Å². The first-order chi connectivity index (χ1) is 5.82. The zero-order valence-electron chi connectivity index (χ0n) is 7.57. The molecule has 13 heavy (non-hydrogen) atoms. The number of hydrogen-bond acceptors (Lipinski definition) is 3. The van der Waals surface area contributed by atoms with Crippen LogP contribution in [0.5, 0.6) is 0 Å². The van der Waals surface area contributed by atoms with E-state index in [1.165, 1.54) is 0 Å². The minimum atomic E-state index is -4.44. The summed E-state index contributed by atoms with van der Waals surface area (Å²) in [5, 5.41) is 0. The maximum Gasteiger partial charge on any atom is 0.350 e. The highest BCUT2D eigenvalue weighted by molar-refractivity contribution is 7.89. The van der Waals surface area contributed by atoms with Crippen molar-refractivity contribution in [2.75, 3.05) is 20.1 Å². The minimum absolute atomic E-state index is 0.0170. The van der Waals surface area contributed by atoms with E-state index in [0.717, 1.165) is 7.05 Å². The largest absolute Gasteiger partial charge is 0.350 e. The molecule has 0 saturated heterocycles. The fraction of sp³-hybridized carbons (Fsp3) is 1.00. The second kappa shape index (κ2) is 4.83. The number of halogens is 2. The predicted octanol–water partition coefficient (Wildman–Crippen LogP) is 0.0654. The number of alkyl halides is 2. The Labute approximate surface area is 76.8 Å². The van der Waals surface area contributed by atoms with Gasteiger partial charge in [-0.3, -0.25) is 0 Å². The van der Waals surface area contributed by atoms with Crippen molar-refractivity contribution in [1.82, 2.24) is 4.31 Å². The van der Waals surface area contributed by atoms with Gasteiger partial charge in [0.05, 0.1) is 0 Å². The Kier molecular flexibility index (Phi) is 4.72. The van der Waals surface area contributed by atoms with Gasteiger partial charge in [-0.25, -0.2) is 8.42 Å². The molecule has 0 rings (SSSR count). The van der Waals surface area contributed by atoms with Crippen LogP contribution in [0.1, 0.15) is 6.92 Å². The van der Waals surface area contributed by atoms with Crippen LogP contribution in [0.3, 0.4) is 0 Å². The maximum absolute atomic E-state index is 12.0. The Hall–Kier alpha value is -0.270. The van der Waals surface area contributed by atoms with Crippen molar-refractivity contribution in [3.05, 3.63) is 0 Å². The van der Waals surface area contributed by atoms with Crippen LogP contribution in [-0.2, 0) is 10.0 Å². The highest BCUT2D eigenvalue weighted by atomic mass is 32.2. The fourth-order valence-electron chi connectivity index (χ4n) is 0.753. The molecule has 0 amide bonds. The molecule has 0 bridgehead atoms. The number of sulfonamides is 1. The first kappa shape index (κ1) is 12.7. The van der Waals surface area contributed by atoms with Crippen LogP contribution in [0.15, 0.2) is 0 Å². The van der Waals surface area contributed by atoms with Crippen LogP contribution in [0.2, 0.25) is 0 Å². The maximum atomic E-state index is 12.0. The summed E-state index contributed by atoms with van der Waals surface area (Å²) < 4.78 is 46.2. The normalized spacial score (nSPS) is 15.3. The van der Waals surface area contributed by atoms with Crippen molar-refractivity contribution in [2.45, 2.75) is 12.7 Å². The van der Waals surface area contributed by atoms with Gasteiger partial charge in [-0.1, -0.05) is 6.92 Å². The molecule has 0 radical (unpaired) electrons. The van der Waals surface area contributed by atoms with Gasteiger partial charge >= 0.3 is 5.76 Å². The van der Waals surface area contributed by atoms with E-state index in [1.54, 1.807) is 6.92 Å². The molecule has 0 heterocycles. The van der Waals surface area contributed by atoms with E-state index in [2.05, 4.69) is 0 Å². The van der Waals surface area contributed by atoms with Gasteiger partial charge in [0, 0.05) is 13.6 Å². The van der Waals surface area contributed by atoms with Crippen molar-refractivity contribution in [1.29, 1.82) is 0 Å².